The Morgan fingerprint density at radius 1 is 1.67 bits per heavy atom. The lowest BCUT2D eigenvalue weighted by molar-refractivity contribution is 0.0934. The first kappa shape index (κ1) is 8.77. The van der Waals surface area contributed by atoms with Crippen molar-refractivity contribution in [2.24, 2.45) is 0 Å². The Labute approximate surface area is 70.9 Å². The van der Waals surface area contributed by atoms with Crippen LogP contribution >= 0.6 is 0 Å². The van der Waals surface area contributed by atoms with Gasteiger partial charge in [-0.15, -0.1) is 0 Å². The number of amides is 1. The van der Waals surface area contributed by atoms with Crippen molar-refractivity contribution < 1.29 is 9.32 Å². The molecule has 4 nitrogen and oxygen atoms in total. The summed E-state index contributed by atoms with van der Waals surface area (Å²) in [6.45, 7) is 5.54. The van der Waals surface area contributed by atoms with Crippen LogP contribution in [0.5, 0.6) is 0 Å². The molecule has 0 saturated heterocycles. The van der Waals surface area contributed by atoms with Crippen molar-refractivity contribution in [1.82, 2.24) is 10.5 Å². The fourth-order valence-corrected chi connectivity index (χ4v) is 0.810. The van der Waals surface area contributed by atoms with Gasteiger partial charge in [-0.3, -0.25) is 4.79 Å². The number of nitrogens with zero attached hydrogens (tertiary/aromatic N) is 1. The van der Waals surface area contributed by atoms with Gasteiger partial charge in [0.15, 0.2) is 5.69 Å². The van der Waals surface area contributed by atoms with E-state index in [4.69, 9.17) is 4.52 Å². The number of rotatable bonds is 2. The van der Waals surface area contributed by atoms with E-state index in [0.29, 0.717) is 11.5 Å². The highest BCUT2D eigenvalue weighted by Crippen LogP contribution is 2.01. The number of hydrogen-bond acceptors (Lipinski definition) is 3. The average molecular weight is 168 g/mol. The third-order valence-electron chi connectivity index (χ3n) is 1.28. The molecular formula is C8H12N2O2. The summed E-state index contributed by atoms with van der Waals surface area (Å²) in [4.78, 5) is 11.2. The molecule has 0 aliphatic heterocycles. The SMILES string of the molecule is Cc1cc(C(=O)NC(C)C)no1. The van der Waals surface area contributed by atoms with E-state index in [-0.39, 0.29) is 11.9 Å². The van der Waals surface area contributed by atoms with Crippen LogP contribution in [0.1, 0.15) is 30.1 Å². The van der Waals surface area contributed by atoms with Crippen molar-refractivity contribution in [2.75, 3.05) is 0 Å². The molecule has 1 rings (SSSR count). The first-order chi connectivity index (χ1) is 5.59. The van der Waals surface area contributed by atoms with Crippen LogP contribution in [0.15, 0.2) is 10.6 Å². The standard InChI is InChI=1S/C8H12N2O2/c1-5(2)9-8(11)7-4-6(3)12-10-7/h4-5H,1-3H3,(H,9,11). The van der Waals surface area contributed by atoms with Gasteiger partial charge in [0, 0.05) is 12.1 Å². The lowest BCUT2D eigenvalue weighted by Gasteiger charge is -2.04. The van der Waals surface area contributed by atoms with Gasteiger partial charge in [-0.2, -0.15) is 0 Å². The van der Waals surface area contributed by atoms with Crippen LogP contribution in [-0.2, 0) is 0 Å². The first-order valence-corrected chi connectivity index (χ1v) is 3.84. The molecule has 0 unspecified atom stereocenters. The highest BCUT2D eigenvalue weighted by atomic mass is 16.5. The molecule has 66 valence electrons. The monoisotopic (exact) mass is 168 g/mol. The molecule has 0 atom stereocenters. The third kappa shape index (κ3) is 2.08. The summed E-state index contributed by atoms with van der Waals surface area (Å²) >= 11 is 0. The molecule has 1 heterocycles. The van der Waals surface area contributed by atoms with Gasteiger partial charge in [0.2, 0.25) is 0 Å². The lowest BCUT2D eigenvalue weighted by atomic mass is 10.3. The quantitative estimate of drug-likeness (QED) is 0.720. The number of nitrogens with one attached hydrogen (secondary N) is 1. The molecule has 0 aliphatic rings. The van der Waals surface area contributed by atoms with Crippen LogP contribution in [0.2, 0.25) is 0 Å². The zero-order chi connectivity index (χ0) is 9.14. The number of carbonyl (C=O) groups is 1. The topological polar surface area (TPSA) is 55.1 Å². The summed E-state index contributed by atoms with van der Waals surface area (Å²) in [5.74, 6) is 0.450. The molecule has 0 aliphatic carbocycles. The Balaban J connectivity index is 2.65. The first-order valence-electron chi connectivity index (χ1n) is 3.84. The van der Waals surface area contributed by atoms with E-state index in [9.17, 15) is 4.79 Å². The summed E-state index contributed by atoms with van der Waals surface area (Å²) < 4.78 is 4.76. The van der Waals surface area contributed by atoms with Crippen molar-refractivity contribution in [1.29, 1.82) is 0 Å². The molecule has 1 N–H and O–H groups in total. The smallest absolute Gasteiger partial charge is 0.273 e. The number of carbonyl (C=O) groups excluding carboxylic acids is 1. The molecule has 4 heteroatoms. The fourth-order valence-electron chi connectivity index (χ4n) is 0.810. The van der Waals surface area contributed by atoms with Crippen LogP contribution in [0.3, 0.4) is 0 Å². The van der Waals surface area contributed by atoms with Gasteiger partial charge in [0.05, 0.1) is 0 Å². The maximum absolute atomic E-state index is 11.2. The maximum atomic E-state index is 11.2. The Morgan fingerprint density at radius 2 is 2.33 bits per heavy atom. The van der Waals surface area contributed by atoms with Gasteiger partial charge in [0.25, 0.3) is 5.91 Å². The third-order valence-corrected chi connectivity index (χ3v) is 1.28. The van der Waals surface area contributed by atoms with Gasteiger partial charge in [-0.1, -0.05) is 5.16 Å². The molecular weight excluding hydrogens is 156 g/mol. The predicted molar refractivity (Wildman–Crippen MR) is 43.8 cm³/mol. The van der Waals surface area contributed by atoms with E-state index in [1.807, 2.05) is 13.8 Å². The zero-order valence-corrected chi connectivity index (χ0v) is 7.42. The minimum Gasteiger partial charge on any atom is -0.361 e. The Morgan fingerprint density at radius 3 is 2.75 bits per heavy atom. The van der Waals surface area contributed by atoms with Crippen molar-refractivity contribution >= 4 is 5.91 Å². The molecule has 1 aromatic rings. The highest BCUT2D eigenvalue weighted by molar-refractivity contribution is 5.92. The molecule has 0 spiro atoms. The minimum absolute atomic E-state index is 0.120. The largest absolute Gasteiger partial charge is 0.361 e. The van der Waals surface area contributed by atoms with Crippen molar-refractivity contribution in [3.8, 4) is 0 Å². The summed E-state index contributed by atoms with van der Waals surface area (Å²) in [6.07, 6.45) is 0. The van der Waals surface area contributed by atoms with E-state index >= 15 is 0 Å². The van der Waals surface area contributed by atoms with Crippen LogP contribution in [0.25, 0.3) is 0 Å². The van der Waals surface area contributed by atoms with Gasteiger partial charge in [-0.05, 0) is 20.8 Å². The molecule has 0 saturated carbocycles. The maximum Gasteiger partial charge on any atom is 0.273 e. The number of hydrogen-bond donors (Lipinski definition) is 1. The molecule has 0 bridgehead atoms. The predicted octanol–water partition coefficient (Wildman–Crippen LogP) is 1.12. The molecule has 0 aromatic carbocycles. The van der Waals surface area contributed by atoms with E-state index < -0.39 is 0 Å². The summed E-state index contributed by atoms with van der Waals surface area (Å²) in [7, 11) is 0. The van der Waals surface area contributed by atoms with E-state index in [1.54, 1.807) is 13.0 Å². The summed E-state index contributed by atoms with van der Waals surface area (Å²) in [5.41, 5.74) is 0.334. The lowest BCUT2D eigenvalue weighted by Crippen LogP contribution is -2.30. The summed E-state index contributed by atoms with van der Waals surface area (Å²) in [6, 6.07) is 1.73. The highest BCUT2D eigenvalue weighted by Gasteiger charge is 2.10. The molecule has 1 aromatic heterocycles. The average Bonchev–Trinajstić information content (AvgIpc) is 2.34. The zero-order valence-electron chi connectivity index (χ0n) is 7.42. The van der Waals surface area contributed by atoms with Crippen molar-refractivity contribution in [2.45, 2.75) is 26.8 Å². The Hall–Kier alpha value is -1.32. The van der Waals surface area contributed by atoms with Crippen molar-refractivity contribution in [3.05, 3.63) is 17.5 Å². The molecule has 0 fully saturated rings. The van der Waals surface area contributed by atoms with Gasteiger partial charge >= 0.3 is 0 Å². The van der Waals surface area contributed by atoms with Gasteiger partial charge in [-0.25, -0.2) is 0 Å². The summed E-state index contributed by atoms with van der Waals surface area (Å²) in [5, 5.41) is 6.29. The van der Waals surface area contributed by atoms with Crippen LogP contribution in [0, 0.1) is 6.92 Å². The molecule has 0 radical (unpaired) electrons. The van der Waals surface area contributed by atoms with Crippen LogP contribution < -0.4 is 5.32 Å². The minimum atomic E-state index is -0.193. The van der Waals surface area contributed by atoms with E-state index in [1.165, 1.54) is 0 Å². The normalized spacial score (nSPS) is 10.3. The van der Waals surface area contributed by atoms with Crippen molar-refractivity contribution in [3.63, 3.8) is 0 Å². The molecule has 12 heavy (non-hydrogen) atoms. The molecule has 1 amide bonds. The fraction of sp³-hybridized carbons (Fsp3) is 0.500. The Kier molecular flexibility index (Phi) is 2.47. The van der Waals surface area contributed by atoms with Crippen LogP contribution in [-0.4, -0.2) is 17.1 Å². The Bertz CT molecular complexity index is 278. The van der Waals surface area contributed by atoms with E-state index in [2.05, 4.69) is 10.5 Å². The van der Waals surface area contributed by atoms with Crippen LogP contribution in [0.4, 0.5) is 0 Å². The van der Waals surface area contributed by atoms with Gasteiger partial charge in [0.1, 0.15) is 5.76 Å². The second kappa shape index (κ2) is 3.38. The van der Waals surface area contributed by atoms with Gasteiger partial charge < -0.3 is 9.84 Å². The number of aryl methyl sites for hydroxylation is 1. The second-order valence-corrected chi connectivity index (χ2v) is 2.95. The second-order valence-electron chi connectivity index (χ2n) is 2.95. The number of aromatic nitrogens is 1. The van der Waals surface area contributed by atoms with E-state index in [0.717, 1.165) is 0 Å².